The van der Waals surface area contributed by atoms with Crippen molar-refractivity contribution in [1.29, 1.82) is 0 Å². The van der Waals surface area contributed by atoms with Gasteiger partial charge < -0.3 is 10.0 Å². The maximum atomic E-state index is 9.61. The standard InChI is InChI=1S/C17H19Cl2NO/c1-11(13-5-4-6-15(18)9-13)20(3)17-8-7-14(12(2)21)10-16(17)19/h4-12,21H,1-3H3. The fourth-order valence-corrected chi connectivity index (χ4v) is 2.79. The third-order valence-corrected chi connectivity index (χ3v) is 4.28. The summed E-state index contributed by atoms with van der Waals surface area (Å²) in [5.41, 5.74) is 2.86. The van der Waals surface area contributed by atoms with Gasteiger partial charge in [0.05, 0.1) is 22.9 Å². The molecule has 1 N–H and O–H groups in total. The van der Waals surface area contributed by atoms with Crippen molar-refractivity contribution >= 4 is 28.9 Å². The quantitative estimate of drug-likeness (QED) is 0.831. The highest BCUT2D eigenvalue weighted by Crippen LogP contribution is 2.33. The molecular formula is C17H19Cl2NO. The Morgan fingerprint density at radius 2 is 1.71 bits per heavy atom. The molecule has 0 fully saturated rings. The van der Waals surface area contributed by atoms with Crippen LogP contribution in [0.25, 0.3) is 0 Å². The number of anilines is 1. The van der Waals surface area contributed by atoms with E-state index in [4.69, 9.17) is 23.2 Å². The normalized spacial score (nSPS) is 13.8. The van der Waals surface area contributed by atoms with E-state index in [1.165, 1.54) is 0 Å². The van der Waals surface area contributed by atoms with Crippen LogP contribution in [-0.2, 0) is 0 Å². The molecule has 0 heterocycles. The molecule has 2 atom stereocenters. The minimum atomic E-state index is -0.521. The van der Waals surface area contributed by atoms with E-state index < -0.39 is 6.10 Å². The Bertz CT molecular complexity index is 628. The molecule has 4 heteroatoms. The van der Waals surface area contributed by atoms with Crippen LogP contribution >= 0.6 is 23.2 Å². The van der Waals surface area contributed by atoms with Crippen LogP contribution in [0.3, 0.4) is 0 Å². The van der Waals surface area contributed by atoms with Gasteiger partial charge in [-0.1, -0.05) is 41.4 Å². The third kappa shape index (κ3) is 3.70. The molecule has 0 aliphatic rings. The smallest absolute Gasteiger partial charge is 0.0762 e. The number of aliphatic hydroxyl groups is 1. The molecule has 2 aromatic rings. The summed E-state index contributed by atoms with van der Waals surface area (Å²) in [5.74, 6) is 0. The van der Waals surface area contributed by atoms with Gasteiger partial charge in [0.2, 0.25) is 0 Å². The van der Waals surface area contributed by atoms with Gasteiger partial charge in [-0.15, -0.1) is 0 Å². The average Bonchev–Trinajstić information content (AvgIpc) is 2.45. The Labute approximate surface area is 135 Å². The van der Waals surface area contributed by atoms with E-state index in [2.05, 4.69) is 11.8 Å². The molecule has 0 amide bonds. The van der Waals surface area contributed by atoms with Crippen molar-refractivity contribution < 1.29 is 5.11 Å². The van der Waals surface area contributed by atoms with E-state index in [1.54, 1.807) is 6.92 Å². The Morgan fingerprint density at radius 3 is 2.29 bits per heavy atom. The summed E-state index contributed by atoms with van der Waals surface area (Å²) in [4.78, 5) is 2.10. The zero-order chi connectivity index (χ0) is 15.6. The molecule has 0 bridgehead atoms. The molecule has 2 nitrogen and oxygen atoms in total. The van der Waals surface area contributed by atoms with Crippen LogP contribution in [-0.4, -0.2) is 12.2 Å². The highest BCUT2D eigenvalue weighted by atomic mass is 35.5. The molecule has 0 saturated heterocycles. The van der Waals surface area contributed by atoms with Gasteiger partial charge in [0.25, 0.3) is 0 Å². The van der Waals surface area contributed by atoms with Gasteiger partial charge in [-0.25, -0.2) is 0 Å². The van der Waals surface area contributed by atoms with Gasteiger partial charge in [0, 0.05) is 12.1 Å². The van der Waals surface area contributed by atoms with Crippen molar-refractivity contribution in [2.75, 3.05) is 11.9 Å². The van der Waals surface area contributed by atoms with Crippen LogP contribution in [0.1, 0.15) is 37.1 Å². The van der Waals surface area contributed by atoms with Gasteiger partial charge in [0.1, 0.15) is 0 Å². The minimum Gasteiger partial charge on any atom is -0.389 e. The molecule has 2 unspecified atom stereocenters. The molecule has 21 heavy (non-hydrogen) atoms. The topological polar surface area (TPSA) is 23.5 Å². The average molecular weight is 324 g/mol. The van der Waals surface area contributed by atoms with Gasteiger partial charge in [0.15, 0.2) is 0 Å². The Kier molecular flexibility index (Phi) is 5.15. The summed E-state index contributed by atoms with van der Waals surface area (Å²) in [7, 11) is 1.99. The lowest BCUT2D eigenvalue weighted by molar-refractivity contribution is 0.199. The van der Waals surface area contributed by atoms with Crippen molar-refractivity contribution in [3.8, 4) is 0 Å². The van der Waals surface area contributed by atoms with Gasteiger partial charge in [-0.2, -0.15) is 0 Å². The number of aliphatic hydroxyl groups excluding tert-OH is 1. The molecule has 0 spiro atoms. The van der Waals surface area contributed by atoms with Crippen LogP contribution in [0.15, 0.2) is 42.5 Å². The largest absolute Gasteiger partial charge is 0.389 e. The van der Waals surface area contributed by atoms with E-state index in [9.17, 15) is 5.11 Å². The van der Waals surface area contributed by atoms with Crippen molar-refractivity contribution in [3.05, 3.63) is 63.6 Å². The van der Waals surface area contributed by atoms with Crippen molar-refractivity contribution in [3.63, 3.8) is 0 Å². The third-order valence-electron chi connectivity index (χ3n) is 3.75. The van der Waals surface area contributed by atoms with Crippen LogP contribution < -0.4 is 4.90 Å². The Balaban J connectivity index is 2.29. The Hall–Kier alpha value is -1.22. The number of rotatable bonds is 4. The zero-order valence-electron chi connectivity index (χ0n) is 12.3. The minimum absolute atomic E-state index is 0.138. The van der Waals surface area contributed by atoms with E-state index in [0.717, 1.165) is 21.8 Å². The van der Waals surface area contributed by atoms with Crippen LogP contribution in [0.2, 0.25) is 10.0 Å². The first kappa shape index (κ1) is 16.2. The zero-order valence-corrected chi connectivity index (χ0v) is 13.9. The number of nitrogens with zero attached hydrogens (tertiary/aromatic N) is 1. The first-order valence-electron chi connectivity index (χ1n) is 6.86. The summed E-state index contributed by atoms with van der Waals surface area (Å²) in [6.07, 6.45) is -0.521. The second-order valence-electron chi connectivity index (χ2n) is 5.23. The van der Waals surface area contributed by atoms with E-state index in [-0.39, 0.29) is 6.04 Å². The molecule has 0 aliphatic heterocycles. The number of halogens is 2. The van der Waals surface area contributed by atoms with Crippen LogP contribution in [0.4, 0.5) is 5.69 Å². The Morgan fingerprint density at radius 1 is 1.00 bits per heavy atom. The van der Waals surface area contributed by atoms with E-state index >= 15 is 0 Å². The lowest BCUT2D eigenvalue weighted by Gasteiger charge is -2.28. The number of hydrogen-bond acceptors (Lipinski definition) is 2. The van der Waals surface area contributed by atoms with Crippen LogP contribution in [0, 0.1) is 0 Å². The van der Waals surface area contributed by atoms with Crippen LogP contribution in [0.5, 0.6) is 0 Å². The SMILES string of the molecule is CC(O)c1ccc(N(C)C(C)c2cccc(Cl)c2)c(Cl)c1. The number of benzene rings is 2. The van der Waals surface area contributed by atoms with Crippen molar-refractivity contribution in [1.82, 2.24) is 0 Å². The van der Waals surface area contributed by atoms with Gasteiger partial charge in [-0.05, 0) is 49.2 Å². The lowest BCUT2D eigenvalue weighted by Crippen LogP contribution is -2.22. The second kappa shape index (κ2) is 6.69. The number of hydrogen-bond donors (Lipinski definition) is 1. The molecule has 0 saturated carbocycles. The van der Waals surface area contributed by atoms with E-state index in [1.807, 2.05) is 49.5 Å². The van der Waals surface area contributed by atoms with Gasteiger partial charge >= 0.3 is 0 Å². The summed E-state index contributed by atoms with van der Waals surface area (Å²) >= 11 is 12.4. The monoisotopic (exact) mass is 323 g/mol. The fraction of sp³-hybridized carbons (Fsp3) is 0.294. The molecular weight excluding hydrogens is 305 g/mol. The maximum absolute atomic E-state index is 9.61. The molecule has 2 aromatic carbocycles. The molecule has 0 aliphatic carbocycles. The van der Waals surface area contributed by atoms with E-state index in [0.29, 0.717) is 5.02 Å². The van der Waals surface area contributed by atoms with Gasteiger partial charge in [-0.3, -0.25) is 0 Å². The summed E-state index contributed by atoms with van der Waals surface area (Å²) in [6, 6.07) is 13.6. The second-order valence-corrected chi connectivity index (χ2v) is 6.07. The lowest BCUT2D eigenvalue weighted by atomic mass is 10.1. The highest BCUT2D eigenvalue weighted by molar-refractivity contribution is 6.33. The first-order chi connectivity index (χ1) is 9.90. The summed E-state index contributed by atoms with van der Waals surface area (Å²) in [6.45, 7) is 3.83. The first-order valence-corrected chi connectivity index (χ1v) is 7.61. The van der Waals surface area contributed by atoms with Crippen molar-refractivity contribution in [2.45, 2.75) is 26.0 Å². The van der Waals surface area contributed by atoms with Crippen molar-refractivity contribution in [2.24, 2.45) is 0 Å². The molecule has 0 aromatic heterocycles. The predicted octanol–water partition coefficient (Wildman–Crippen LogP) is 5.24. The fourth-order valence-electron chi connectivity index (χ4n) is 2.27. The highest BCUT2D eigenvalue weighted by Gasteiger charge is 2.16. The predicted molar refractivity (Wildman–Crippen MR) is 90.4 cm³/mol. The summed E-state index contributed by atoms with van der Waals surface area (Å²) < 4.78 is 0. The molecule has 112 valence electrons. The molecule has 0 radical (unpaired) electrons. The maximum Gasteiger partial charge on any atom is 0.0762 e. The summed E-state index contributed by atoms with van der Waals surface area (Å²) in [5, 5.41) is 11.0. The molecule has 2 rings (SSSR count).